The second kappa shape index (κ2) is 7.23. The standard InChI is InChI=1S/C20H18N2O4/c1-13(20(25)26)21-19(24)16-12-22(11-14-7-3-2-4-8-14)17-10-6-5-9-15(17)18(16)23/h2-10,12-13H,11H2,1H3,(H,21,24)(H,25,26)/t13-/m0/s1. The molecule has 6 heteroatoms. The van der Waals surface area contributed by atoms with Gasteiger partial charge in [-0.05, 0) is 24.6 Å². The number of rotatable bonds is 5. The molecule has 6 nitrogen and oxygen atoms in total. The van der Waals surface area contributed by atoms with Gasteiger partial charge in [0.05, 0.1) is 5.52 Å². The van der Waals surface area contributed by atoms with Crippen molar-refractivity contribution >= 4 is 22.8 Å². The lowest BCUT2D eigenvalue weighted by Crippen LogP contribution is -2.40. The number of benzene rings is 2. The van der Waals surface area contributed by atoms with E-state index in [1.807, 2.05) is 47.0 Å². The molecule has 0 aliphatic heterocycles. The van der Waals surface area contributed by atoms with Gasteiger partial charge in [-0.2, -0.15) is 0 Å². The van der Waals surface area contributed by atoms with Crippen LogP contribution < -0.4 is 10.7 Å². The highest BCUT2D eigenvalue weighted by atomic mass is 16.4. The predicted octanol–water partition coefficient (Wildman–Crippen LogP) is 2.25. The Labute approximate surface area is 149 Å². The largest absolute Gasteiger partial charge is 0.480 e. The van der Waals surface area contributed by atoms with Crippen LogP contribution in [0.5, 0.6) is 0 Å². The molecule has 0 aliphatic rings. The second-order valence-electron chi connectivity index (χ2n) is 6.04. The van der Waals surface area contributed by atoms with Crippen LogP contribution in [0.3, 0.4) is 0 Å². The monoisotopic (exact) mass is 350 g/mol. The van der Waals surface area contributed by atoms with E-state index in [4.69, 9.17) is 5.11 Å². The Morgan fingerprint density at radius 3 is 2.42 bits per heavy atom. The van der Waals surface area contributed by atoms with Crippen molar-refractivity contribution < 1.29 is 14.7 Å². The smallest absolute Gasteiger partial charge is 0.325 e. The number of carbonyl (C=O) groups is 2. The highest BCUT2D eigenvalue weighted by Gasteiger charge is 2.19. The molecule has 1 amide bonds. The number of amides is 1. The number of carboxylic acid groups (broad SMARTS) is 1. The Balaban J connectivity index is 2.09. The van der Waals surface area contributed by atoms with Gasteiger partial charge in [-0.25, -0.2) is 0 Å². The summed E-state index contributed by atoms with van der Waals surface area (Å²) in [7, 11) is 0. The molecule has 0 unspecified atom stereocenters. The molecule has 2 N–H and O–H groups in total. The predicted molar refractivity (Wildman–Crippen MR) is 98.3 cm³/mol. The molecule has 0 radical (unpaired) electrons. The number of pyridine rings is 1. The lowest BCUT2D eigenvalue weighted by molar-refractivity contribution is -0.138. The average Bonchev–Trinajstić information content (AvgIpc) is 2.64. The van der Waals surface area contributed by atoms with Crippen molar-refractivity contribution in [1.82, 2.24) is 9.88 Å². The normalized spacial score (nSPS) is 11.9. The average molecular weight is 350 g/mol. The number of para-hydroxylation sites is 1. The minimum absolute atomic E-state index is 0.0762. The quantitative estimate of drug-likeness (QED) is 0.739. The molecule has 2 aromatic carbocycles. The molecule has 0 saturated heterocycles. The van der Waals surface area contributed by atoms with Crippen molar-refractivity contribution in [3.63, 3.8) is 0 Å². The fourth-order valence-electron chi connectivity index (χ4n) is 2.75. The molecular formula is C20H18N2O4. The van der Waals surface area contributed by atoms with Crippen LogP contribution in [-0.2, 0) is 11.3 Å². The van der Waals surface area contributed by atoms with Gasteiger partial charge in [0, 0.05) is 18.1 Å². The summed E-state index contributed by atoms with van der Waals surface area (Å²) >= 11 is 0. The molecule has 26 heavy (non-hydrogen) atoms. The van der Waals surface area contributed by atoms with Crippen LogP contribution in [0.15, 0.2) is 65.6 Å². The van der Waals surface area contributed by atoms with Crippen LogP contribution in [0.4, 0.5) is 0 Å². The minimum Gasteiger partial charge on any atom is -0.480 e. The Morgan fingerprint density at radius 1 is 1.08 bits per heavy atom. The summed E-state index contributed by atoms with van der Waals surface area (Å²) in [5, 5.41) is 11.7. The van der Waals surface area contributed by atoms with Crippen LogP contribution in [-0.4, -0.2) is 27.6 Å². The molecule has 0 bridgehead atoms. The third-order valence-corrected chi connectivity index (χ3v) is 4.15. The molecule has 3 aromatic rings. The number of carboxylic acids is 1. The molecule has 0 spiro atoms. The Hall–Kier alpha value is -3.41. The minimum atomic E-state index is -1.16. The van der Waals surface area contributed by atoms with E-state index < -0.39 is 23.3 Å². The van der Waals surface area contributed by atoms with Crippen LogP contribution in [0, 0.1) is 0 Å². The zero-order valence-electron chi connectivity index (χ0n) is 14.2. The van der Waals surface area contributed by atoms with E-state index in [2.05, 4.69) is 5.32 Å². The van der Waals surface area contributed by atoms with Gasteiger partial charge in [0.1, 0.15) is 11.6 Å². The molecule has 0 fully saturated rings. The van der Waals surface area contributed by atoms with Gasteiger partial charge in [0.25, 0.3) is 5.91 Å². The van der Waals surface area contributed by atoms with E-state index in [0.29, 0.717) is 17.4 Å². The van der Waals surface area contributed by atoms with Crippen LogP contribution in [0.2, 0.25) is 0 Å². The third-order valence-electron chi connectivity index (χ3n) is 4.15. The molecule has 1 aromatic heterocycles. The van der Waals surface area contributed by atoms with Crippen molar-refractivity contribution in [1.29, 1.82) is 0 Å². The summed E-state index contributed by atoms with van der Waals surface area (Å²) in [4.78, 5) is 36.1. The lowest BCUT2D eigenvalue weighted by Gasteiger charge is -2.14. The Morgan fingerprint density at radius 2 is 1.73 bits per heavy atom. The summed E-state index contributed by atoms with van der Waals surface area (Å²) in [5.74, 6) is -1.86. The van der Waals surface area contributed by atoms with Crippen LogP contribution in [0.25, 0.3) is 10.9 Å². The maximum atomic E-state index is 12.7. The van der Waals surface area contributed by atoms with Gasteiger partial charge in [0.15, 0.2) is 0 Å². The first-order chi connectivity index (χ1) is 12.5. The topological polar surface area (TPSA) is 88.4 Å². The SMILES string of the molecule is C[C@H](NC(=O)c1cn(Cc2ccccc2)c2ccccc2c1=O)C(=O)O. The van der Waals surface area contributed by atoms with Gasteiger partial charge in [-0.3, -0.25) is 14.4 Å². The fourth-order valence-corrected chi connectivity index (χ4v) is 2.75. The summed E-state index contributed by atoms with van der Waals surface area (Å²) in [6.45, 7) is 1.83. The van der Waals surface area contributed by atoms with Crippen molar-refractivity contribution in [2.24, 2.45) is 0 Å². The summed E-state index contributed by atoms with van der Waals surface area (Å²) in [5.41, 5.74) is 1.24. The van der Waals surface area contributed by atoms with E-state index in [9.17, 15) is 14.4 Å². The number of aliphatic carboxylic acids is 1. The van der Waals surface area contributed by atoms with Crippen LogP contribution in [0.1, 0.15) is 22.8 Å². The van der Waals surface area contributed by atoms with E-state index >= 15 is 0 Å². The van der Waals surface area contributed by atoms with Gasteiger partial charge in [0.2, 0.25) is 5.43 Å². The van der Waals surface area contributed by atoms with Crippen molar-refractivity contribution in [2.75, 3.05) is 0 Å². The number of hydrogen-bond acceptors (Lipinski definition) is 3. The Bertz CT molecular complexity index is 1020. The fraction of sp³-hybridized carbons (Fsp3) is 0.150. The molecule has 132 valence electrons. The first-order valence-corrected chi connectivity index (χ1v) is 8.17. The maximum absolute atomic E-state index is 12.7. The second-order valence-corrected chi connectivity index (χ2v) is 6.04. The number of fused-ring (bicyclic) bond motifs is 1. The van der Waals surface area contributed by atoms with Gasteiger partial charge < -0.3 is 15.0 Å². The molecule has 3 rings (SSSR count). The number of nitrogens with one attached hydrogen (secondary N) is 1. The summed E-state index contributed by atoms with van der Waals surface area (Å²) < 4.78 is 1.83. The molecule has 1 atom stereocenters. The van der Waals surface area contributed by atoms with E-state index in [1.54, 1.807) is 12.1 Å². The molecule has 0 aliphatic carbocycles. The van der Waals surface area contributed by atoms with Gasteiger partial charge in [-0.1, -0.05) is 42.5 Å². The van der Waals surface area contributed by atoms with Gasteiger partial charge in [-0.15, -0.1) is 0 Å². The third kappa shape index (κ3) is 3.49. The zero-order valence-corrected chi connectivity index (χ0v) is 14.2. The molecular weight excluding hydrogens is 332 g/mol. The summed E-state index contributed by atoms with van der Waals surface area (Å²) in [6.07, 6.45) is 1.49. The van der Waals surface area contributed by atoms with Gasteiger partial charge >= 0.3 is 5.97 Å². The van der Waals surface area contributed by atoms with E-state index in [0.717, 1.165) is 5.56 Å². The number of aromatic nitrogens is 1. The van der Waals surface area contributed by atoms with Crippen molar-refractivity contribution in [3.8, 4) is 0 Å². The molecule has 1 heterocycles. The highest BCUT2D eigenvalue weighted by Crippen LogP contribution is 2.14. The van der Waals surface area contributed by atoms with Crippen LogP contribution >= 0.6 is 0 Å². The first kappa shape index (κ1) is 17.4. The highest BCUT2D eigenvalue weighted by molar-refractivity contribution is 5.99. The van der Waals surface area contributed by atoms with E-state index in [-0.39, 0.29) is 5.56 Å². The molecule has 0 saturated carbocycles. The first-order valence-electron chi connectivity index (χ1n) is 8.17. The van der Waals surface area contributed by atoms with E-state index in [1.165, 1.54) is 13.1 Å². The van der Waals surface area contributed by atoms with Crippen molar-refractivity contribution in [2.45, 2.75) is 19.5 Å². The number of hydrogen-bond donors (Lipinski definition) is 2. The zero-order chi connectivity index (χ0) is 18.7. The maximum Gasteiger partial charge on any atom is 0.325 e. The Kier molecular flexibility index (Phi) is 4.84. The lowest BCUT2D eigenvalue weighted by atomic mass is 10.1. The number of carbonyl (C=O) groups excluding carboxylic acids is 1. The summed E-state index contributed by atoms with van der Waals surface area (Å²) in [6, 6.07) is 15.6. The van der Waals surface area contributed by atoms with Crippen molar-refractivity contribution in [3.05, 3.63) is 82.1 Å². The number of nitrogens with zero attached hydrogens (tertiary/aromatic N) is 1.